The molecule has 1 aromatic heterocycles. The number of hydrogen-bond donors (Lipinski definition) is 2. The first-order chi connectivity index (χ1) is 9.71. The quantitative estimate of drug-likeness (QED) is 0.874. The van der Waals surface area contributed by atoms with Crippen LogP contribution in [-0.4, -0.2) is 24.0 Å². The zero-order chi connectivity index (χ0) is 15.8. The van der Waals surface area contributed by atoms with Gasteiger partial charge in [0.05, 0.1) is 10.6 Å². The summed E-state index contributed by atoms with van der Waals surface area (Å²) in [6, 6.07) is 1.70. The van der Waals surface area contributed by atoms with Crippen LogP contribution in [0.5, 0.6) is 0 Å². The predicted octanol–water partition coefficient (Wildman–Crippen LogP) is 3.58. The molecular formula is C16H24ClN3O. The lowest BCUT2D eigenvalue weighted by Gasteiger charge is -2.09. The molecule has 4 nitrogen and oxygen atoms in total. The second-order valence-corrected chi connectivity index (χ2v) is 7.19. The van der Waals surface area contributed by atoms with Crippen molar-refractivity contribution in [3.63, 3.8) is 0 Å². The van der Waals surface area contributed by atoms with Crippen LogP contribution in [-0.2, 0) is 0 Å². The van der Waals surface area contributed by atoms with Crippen molar-refractivity contribution in [1.29, 1.82) is 0 Å². The van der Waals surface area contributed by atoms with Gasteiger partial charge in [-0.3, -0.25) is 4.79 Å². The summed E-state index contributed by atoms with van der Waals surface area (Å²) in [5, 5.41) is 6.47. The van der Waals surface area contributed by atoms with Crippen LogP contribution in [0, 0.1) is 16.7 Å². The average molecular weight is 310 g/mol. The summed E-state index contributed by atoms with van der Waals surface area (Å²) in [5.74, 6) is 1.02. The summed E-state index contributed by atoms with van der Waals surface area (Å²) < 4.78 is 0. The summed E-state index contributed by atoms with van der Waals surface area (Å²) in [5.41, 5.74) is 0.993. The lowest BCUT2D eigenvalue weighted by atomic mass is 10.0. The number of carbonyl (C=O) groups is 1. The van der Waals surface area contributed by atoms with Gasteiger partial charge in [0.1, 0.15) is 5.82 Å². The molecule has 1 fully saturated rings. The molecule has 1 amide bonds. The number of amides is 1. The summed E-state index contributed by atoms with van der Waals surface area (Å²) in [7, 11) is 0. The van der Waals surface area contributed by atoms with E-state index in [9.17, 15) is 4.79 Å². The predicted molar refractivity (Wildman–Crippen MR) is 86.8 cm³/mol. The maximum Gasteiger partial charge on any atom is 0.253 e. The highest BCUT2D eigenvalue weighted by atomic mass is 35.5. The van der Waals surface area contributed by atoms with Gasteiger partial charge in [0.25, 0.3) is 5.91 Å². The number of halogens is 1. The van der Waals surface area contributed by atoms with E-state index in [1.54, 1.807) is 6.07 Å². The van der Waals surface area contributed by atoms with E-state index in [0.29, 0.717) is 28.9 Å². The van der Waals surface area contributed by atoms with Gasteiger partial charge in [-0.05, 0) is 29.7 Å². The van der Waals surface area contributed by atoms with Gasteiger partial charge >= 0.3 is 0 Å². The molecule has 2 rings (SSSR count). The molecule has 1 aromatic rings. The van der Waals surface area contributed by atoms with Gasteiger partial charge in [0.15, 0.2) is 0 Å². The number of nitrogens with one attached hydrogen (secondary N) is 2. The number of nitrogens with zero attached hydrogens (tertiary/aromatic N) is 1. The van der Waals surface area contributed by atoms with Crippen molar-refractivity contribution in [1.82, 2.24) is 10.3 Å². The molecule has 1 aliphatic carbocycles. The van der Waals surface area contributed by atoms with Crippen LogP contribution in [0.3, 0.4) is 0 Å². The Kier molecular flexibility index (Phi) is 4.20. The average Bonchev–Trinajstić information content (AvgIpc) is 2.79. The Morgan fingerprint density at radius 1 is 1.33 bits per heavy atom. The van der Waals surface area contributed by atoms with Gasteiger partial charge in [-0.2, -0.15) is 0 Å². The van der Waals surface area contributed by atoms with Crippen LogP contribution in [0.2, 0.25) is 5.02 Å². The molecule has 0 spiro atoms. The van der Waals surface area contributed by atoms with Crippen LogP contribution in [0.4, 0.5) is 5.82 Å². The third kappa shape index (κ3) is 2.86. The zero-order valence-electron chi connectivity index (χ0n) is 13.4. The first kappa shape index (κ1) is 16.1. The molecule has 1 aliphatic rings. The van der Waals surface area contributed by atoms with Crippen molar-refractivity contribution >= 4 is 23.3 Å². The number of pyridine rings is 1. The monoisotopic (exact) mass is 309 g/mol. The number of hydrogen-bond acceptors (Lipinski definition) is 3. The topological polar surface area (TPSA) is 54.0 Å². The molecule has 0 aromatic carbocycles. The highest BCUT2D eigenvalue weighted by Crippen LogP contribution is 2.67. The molecule has 5 heteroatoms. The SMILES string of the molecule is CCNc1cc(C(=O)NCC2C(C)(C)C2(C)C)c(Cl)cn1. The Morgan fingerprint density at radius 3 is 2.48 bits per heavy atom. The lowest BCUT2D eigenvalue weighted by Crippen LogP contribution is -2.27. The van der Waals surface area contributed by atoms with Crippen molar-refractivity contribution in [2.45, 2.75) is 34.6 Å². The van der Waals surface area contributed by atoms with E-state index in [1.807, 2.05) is 6.92 Å². The Labute approximate surface area is 131 Å². The first-order valence-electron chi connectivity index (χ1n) is 7.39. The molecule has 0 atom stereocenters. The highest BCUT2D eigenvalue weighted by molar-refractivity contribution is 6.33. The van der Waals surface area contributed by atoms with E-state index in [1.165, 1.54) is 6.20 Å². The van der Waals surface area contributed by atoms with Gasteiger partial charge in [-0.15, -0.1) is 0 Å². The van der Waals surface area contributed by atoms with Crippen molar-refractivity contribution in [3.8, 4) is 0 Å². The molecule has 2 N–H and O–H groups in total. The molecule has 0 saturated heterocycles. The normalized spacial score (nSPS) is 19.1. The Bertz CT molecular complexity index is 540. The van der Waals surface area contributed by atoms with E-state index in [-0.39, 0.29) is 16.7 Å². The third-order valence-electron chi connectivity index (χ3n) is 5.24. The molecule has 1 heterocycles. The third-order valence-corrected chi connectivity index (χ3v) is 5.55. The molecular weight excluding hydrogens is 286 g/mol. The molecule has 0 radical (unpaired) electrons. The molecule has 1 saturated carbocycles. The minimum absolute atomic E-state index is 0.139. The van der Waals surface area contributed by atoms with Gasteiger partial charge in [0.2, 0.25) is 0 Å². The van der Waals surface area contributed by atoms with E-state index < -0.39 is 0 Å². The number of rotatable bonds is 5. The molecule has 116 valence electrons. The van der Waals surface area contributed by atoms with Crippen molar-refractivity contribution in [2.75, 3.05) is 18.4 Å². The van der Waals surface area contributed by atoms with Gasteiger partial charge in [-0.1, -0.05) is 39.3 Å². The van der Waals surface area contributed by atoms with Crippen LogP contribution < -0.4 is 10.6 Å². The Balaban J connectivity index is 2.03. The standard InChI is InChI=1S/C16H24ClN3O/c1-6-18-13-7-10(11(17)8-19-13)14(21)20-9-12-15(2,3)16(12,4)5/h7-8,12H,6,9H2,1-5H3,(H,18,19)(H,20,21). The van der Waals surface area contributed by atoms with E-state index in [2.05, 4.69) is 43.3 Å². The number of anilines is 1. The fourth-order valence-corrected chi connectivity index (χ4v) is 3.21. The summed E-state index contributed by atoms with van der Waals surface area (Å²) in [4.78, 5) is 16.5. The van der Waals surface area contributed by atoms with Crippen molar-refractivity contribution in [2.24, 2.45) is 16.7 Å². The molecule has 0 unspecified atom stereocenters. The summed E-state index contributed by atoms with van der Waals surface area (Å²) in [6.07, 6.45) is 1.51. The van der Waals surface area contributed by atoms with E-state index in [4.69, 9.17) is 11.6 Å². The lowest BCUT2D eigenvalue weighted by molar-refractivity contribution is 0.0950. The van der Waals surface area contributed by atoms with E-state index >= 15 is 0 Å². The number of aromatic nitrogens is 1. The van der Waals surface area contributed by atoms with Gasteiger partial charge < -0.3 is 10.6 Å². The number of carbonyl (C=O) groups excluding carboxylic acids is 1. The second-order valence-electron chi connectivity index (χ2n) is 6.79. The van der Waals surface area contributed by atoms with Crippen LogP contribution in [0.15, 0.2) is 12.3 Å². The van der Waals surface area contributed by atoms with Gasteiger partial charge in [-0.25, -0.2) is 4.98 Å². The maximum atomic E-state index is 12.3. The maximum absolute atomic E-state index is 12.3. The van der Waals surface area contributed by atoms with Crippen LogP contribution in [0.1, 0.15) is 45.0 Å². The fourth-order valence-electron chi connectivity index (χ4n) is 3.02. The molecule has 0 bridgehead atoms. The van der Waals surface area contributed by atoms with Crippen molar-refractivity contribution < 1.29 is 4.79 Å². The highest BCUT2D eigenvalue weighted by Gasteiger charge is 2.64. The second kappa shape index (κ2) is 5.48. The van der Waals surface area contributed by atoms with Gasteiger partial charge in [0, 0.05) is 19.3 Å². The summed E-state index contributed by atoms with van der Waals surface area (Å²) in [6.45, 7) is 12.4. The minimum atomic E-state index is -0.139. The molecule has 0 aliphatic heterocycles. The fraction of sp³-hybridized carbons (Fsp3) is 0.625. The summed E-state index contributed by atoms with van der Waals surface area (Å²) >= 11 is 6.08. The van der Waals surface area contributed by atoms with Crippen LogP contribution in [0.25, 0.3) is 0 Å². The molecule has 21 heavy (non-hydrogen) atoms. The minimum Gasteiger partial charge on any atom is -0.370 e. The van der Waals surface area contributed by atoms with Crippen molar-refractivity contribution in [3.05, 3.63) is 22.8 Å². The Morgan fingerprint density at radius 2 is 1.95 bits per heavy atom. The zero-order valence-corrected chi connectivity index (χ0v) is 14.1. The Hall–Kier alpha value is -1.29. The largest absolute Gasteiger partial charge is 0.370 e. The van der Waals surface area contributed by atoms with E-state index in [0.717, 1.165) is 6.54 Å². The first-order valence-corrected chi connectivity index (χ1v) is 7.77. The smallest absolute Gasteiger partial charge is 0.253 e. The van der Waals surface area contributed by atoms with Crippen LogP contribution >= 0.6 is 11.6 Å².